The van der Waals surface area contributed by atoms with Crippen LogP contribution in [-0.4, -0.2) is 24.9 Å². The standard InChI is InChI=1S/C21H27NO3S/c1-5-24-18-12-11-17(13-19(18)25-6-2)16(4)22-21(23)14-26-20-10-8-7-9-15(20)3/h7-13,16H,5-6,14H2,1-4H3,(H,22,23)/t16-/m1/s1. The fourth-order valence-electron chi connectivity index (χ4n) is 2.57. The summed E-state index contributed by atoms with van der Waals surface area (Å²) in [5.41, 5.74) is 2.18. The molecular formula is C21H27NO3S. The Morgan fingerprint density at radius 3 is 2.46 bits per heavy atom. The van der Waals surface area contributed by atoms with Gasteiger partial charge >= 0.3 is 0 Å². The molecule has 0 aliphatic heterocycles. The van der Waals surface area contributed by atoms with Crippen molar-refractivity contribution in [3.8, 4) is 11.5 Å². The molecule has 0 aliphatic rings. The van der Waals surface area contributed by atoms with Gasteiger partial charge in [-0.15, -0.1) is 11.8 Å². The average molecular weight is 374 g/mol. The monoisotopic (exact) mass is 373 g/mol. The Bertz CT molecular complexity index is 733. The fourth-order valence-corrected chi connectivity index (χ4v) is 3.41. The summed E-state index contributed by atoms with van der Waals surface area (Å²) in [5.74, 6) is 1.84. The molecule has 140 valence electrons. The topological polar surface area (TPSA) is 47.6 Å². The van der Waals surface area contributed by atoms with E-state index in [9.17, 15) is 4.79 Å². The number of hydrogen-bond acceptors (Lipinski definition) is 4. The zero-order valence-electron chi connectivity index (χ0n) is 15.9. The lowest BCUT2D eigenvalue weighted by Crippen LogP contribution is -2.28. The number of carbonyl (C=O) groups excluding carboxylic acids is 1. The van der Waals surface area contributed by atoms with Crippen molar-refractivity contribution in [2.45, 2.75) is 38.6 Å². The highest BCUT2D eigenvalue weighted by Gasteiger charge is 2.14. The largest absolute Gasteiger partial charge is 0.490 e. The van der Waals surface area contributed by atoms with Crippen LogP contribution >= 0.6 is 11.8 Å². The Hall–Kier alpha value is -2.14. The molecule has 0 heterocycles. The molecule has 0 saturated carbocycles. The van der Waals surface area contributed by atoms with Gasteiger partial charge in [0.15, 0.2) is 11.5 Å². The fraction of sp³-hybridized carbons (Fsp3) is 0.381. The summed E-state index contributed by atoms with van der Waals surface area (Å²) >= 11 is 1.56. The summed E-state index contributed by atoms with van der Waals surface area (Å²) in [4.78, 5) is 13.4. The molecule has 2 rings (SSSR count). The van der Waals surface area contributed by atoms with E-state index >= 15 is 0 Å². The van der Waals surface area contributed by atoms with Gasteiger partial charge in [0.25, 0.3) is 0 Å². The van der Waals surface area contributed by atoms with Gasteiger partial charge in [-0.25, -0.2) is 0 Å². The predicted octanol–water partition coefficient (Wildman–Crippen LogP) is 4.76. The quantitative estimate of drug-likeness (QED) is 0.644. The van der Waals surface area contributed by atoms with Crippen LogP contribution in [0.4, 0.5) is 0 Å². The van der Waals surface area contributed by atoms with Gasteiger partial charge in [0.1, 0.15) is 0 Å². The number of benzene rings is 2. The van der Waals surface area contributed by atoms with Gasteiger partial charge in [0.2, 0.25) is 5.91 Å². The molecule has 0 unspecified atom stereocenters. The molecule has 0 spiro atoms. The van der Waals surface area contributed by atoms with E-state index in [1.165, 1.54) is 5.56 Å². The Kier molecular flexibility index (Phi) is 7.85. The first-order chi connectivity index (χ1) is 12.5. The van der Waals surface area contributed by atoms with Gasteiger partial charge in [-0.3, -0.25) is 4.79 Å². The third-order valence-electron chi connectivity index (χ3n) is 3.90. The molecular weight excluding hydrogens is 346 g/mol. The number of amides is 1. The average Bonchev–Trinajstić information content (AvgIpc) is 2.63. The Labute approximate surface area is 160 Å². The van der Waals surface area contributed by atoms with Crippen molar-refractivity contribution in [2.75, 3.05) is 19.0 Å². The van der Waals surface area contributed by atoms with Gasteiger partial charge in [-0.2, -0.15) is 0 Å². The molecule has 0 radical (unpaired) electrons. The van der Waals surface area contributed by atoms with E-state index < -0.39 is 0 Å². The van der Waals surface area contributed by atoms with Crippen LogP contribution in [0.1, 0.15) is 37.9 Å². The molecule has 1 amide bonds. The molecule has 0 aromatic heterocycles. The molecule has 26 heavy (non-hydrogen) atoms. The number of rotatable bonds is 9. The maximum atomic E-state index is 12.3. The van der Waals surface area contributed by atoms with E-state index in [1.54, 1.807) is 11.8 Å². The lowest BCUT2D eigenvalue weighted by molar-refractivity contribution is -0.119. The number of ether oxygens (including phenoxy) is 2. The first-order valence-electron chi connectivity index (χ1n) is 8.92. The van der Waals surface area contributed by atoms with Gasteiger partial charge in [-0.05, 0) is 57.0 Å². The summed E-state index contributed by atoms with van der Waals surface area (Å²) in [5, 5.41) is 3.05. The third-order valence-corrected chi connectivity index (χ3v) is 5.07. The molecule has 5 heteroatoms. The van der Waals surface area contributed by atoms with Crippen LogP contribution in [0.15, 0.2) is 47.4 Å². The zero-order valence-corrected chi connectivity index (χ0v) is 16.7. The molecule has 0 fully saturated rings. The minimum Gasteiger partial charge on any atom is -0.490 e. The van der Waals surface area contributed by atoms with E-state index in [1.807, 2.05) is 57.2 Å². The summed E-state index contributed by atoms with van der Waals surface area (Å²) in [7, 11) is 0. The number of hydrogen-bond donors (Lipinski definition) is 1. The number of carbonyl (C=O) groups is 1. The normalized spacial score (nSPS) is 11.7. The van der Waals surface area contributed by atoms with E-state index in [-0.39, 0.29) is 11.9 Å². The van der Waals surface area contributed by atoms with Crippen molar-refractivity contribution in [1.82, 2.24) is 5.32 Å². The molecule has 0 saturated heterocycles. The van der Waals surface area contributed by atoms with Crippen molar-refractivity contribution in [3.05, 3.63) is 53.6 Å². The summed E-state index contributed by atoms with van der Waals surface area (Å²) in [6, 6.07) is 13.8. The molecule has 1 N–H and O–H groups in total. The lowest BCUT2D eigenvalue weighted by atomic mass is 10.1. The summed E-state index contributed by atoms with van der Waals surface area (Å²) in [6.45, 7) is 9.06. The zero-order chi connectivity index (χ0) is 18.9. The smallest absolute Gasteiger partial charge is 0.230 e. The highest BCUT2D eigenvalue weighted by molar-refractivity contribution is 8.00. The molecule has 1 atom stereocenters. The van der Waals surface area contributed by atoms with Crippen molar-refractivity contribution in [1.29, 1.82) is 0 Å². The van der Waals surface area contributed by atoms with Crippen molar-refractivity contribution in [3.63, 3.8) is 0 Å². The van der Waals surface area contributed by atoms with Gasteiger partial charge in [-0.1, -0.05) is 24.3 Å². The molecule has 2 aromatic rings. The van der Waals surface area contributed by atoms with Crippen LogP contribution in [0, 0.1) is 6.92 Å². The van der Waals surface area contributed by atoms with Crippen molar-refractivity contribution < 1.29 is 14.3 Å². The predicted molar refractivity (Wildman–Crippen MR) is 107 cm³/mol. The van der Waals surface area contributed by atoms with Crippen LogP contribution in [0.5, 0.6) is 11.5 Å². The number of aryl methyl sites for hydroxylation is 1. The number of nitrogens with one attached hydrogen (secondary N) is 1. The summed E-state index contributed by atoms with van der Waals surface area (Å²) < 4.78 is 11.3. The van der Waals surface area contributed by atoms with Crippen LogP contribution in [0.25, 0.3) is 0 Å². The van der Waals surface area contributed by atoms with Crippen LogP contribution in [-0.2, 0) is 4.79 Å². The van der Waals surface area contributed by atoms with E-state index in [4.69, 9.17) is 9.47 Å². The van der Waals surface area contributed by atoms with Crippen molar-refractivity contribution >= 4 is 17.7 Å². The number of thioether (sulfide) groups is 1. The second-order valence-corrected chi connectivity index (χ2v) is 6.93. The van der Waals surface area contributed by atoms with E-state index in [0.29, 0.717) is 24.7 Å². The van der Waals surface area contributed by atoms with Crippen LogP contribution in [0.3, 0.4) is 0 Å². The Morgan fingerprint density at radius 2 is 1.77 bits per heavy atom. The van der Waals surface area contributed by atoms with Gasteiger partial charge < -0.3 is 14.8 Å². The minimum atomic E-state index is -0.102. The third kappa shape index (κ3) is 5.70. The summed E-state index contributed by atoms with van der Waals surface area (Å²) in [6.07, 6.45) is 0. The SMILES string of the molecule is CCOc1ccc([C@@H](C)NC(=O)CSc2ccccc2C)cc1OCC. The highest BCUT2D eigenvalue weighted by Crippen LogP contribution is 2.31. The molecule has 0 bridgehead atoms. The van der Waals surface area contributed by atoms with E-state index in [0.717, 1.165) is 16.2 Å². The molecule has 2 aromatic carbocycles. The second kappa shape index (κ2) is 10.1. The van der Waals surface area contributed by atoms with Crippen LogP contribution < -0.4 is 14.8 Å². The Morgan fingerprint density at radius 1 is 1.08 bits per heavy atom. The second-order valence-electron chi connectivity index (χ2n) is 5.92. The maximum absolute atomic E-state index is 12.3. The highest BCUT2D eigenvalue weighted by atomic mass is 32.2. The lowest BCUT2D eigenvalue weighted by Gasteiger charge is -2.17. The van der Waals surface area contributed by atoms with E-state index in [2.05, 4.69) is 18.3 Å². The van der Waals surface area contributed by atoms with Gasteiger partial charge in [0.05, 0.1) is 25.0 Å². The molecule has 4 nitrogen and oxygen atoms in total. The van der Waals surface area contributed by atoms with Crippen LogP contribution in [0.2, 0.25) is 0 Å². The maximum Gasteiger partial charge on any atom is 0.230 e. The Balaban J connectivity index is 1.97. The van der Waals surface area contributed by atoms with Crippen molar-refractivity contribution in [2.24, 2.45) is 0 Å². The van der Waals surface area contributed by atoms with Gasteiger partial charge in [0, 0.05) is 4.90 Å². The first-order valence-corrected chi connectivity index (χ1v) is 9.91. The minimum absolute atomic E-state index is 0.0117. The molecule has 0 aliphatic carbocycles. The first kappa shape index (κ1) is 20.2.